The van der Waals surface area contributed by atoms with E-state index >= 15 is 0 Å². The van der Waals surface area contributed by atoms with Crippen LogP contribution in [0.5, 0.6) is 0 Å². The van der Waals surface area contributed by atoms with Gasteiger partial charge in [0, 0.05) is 37.1 Å². The minimum Gasteiger partial charge on any atom is -0.341 e. The van der Waals surface area contributed by atoms with Crippen LogP contribution >= 0.6 is 0 Å². The molecular formula is C23H29N3O3. The largest absolute Gasteiger partial charge is 0.341 e. The first-order valence-corrected chi connectivity index (χ1v) is 10.7. The van der Waals surface area contributed by atoms with Crippen LogP contribution in [-0.4, -0.2) is 52.3 Å². The highest BCUT2D eigenvalue weighted by atomic mass is 16.2. The molecule has 2 amide bonds. The molecule has 0 radical (unpaired) electrons. The Kier molecular flexibility index (Phi) is 5.69. The summed E-state index contributed by atoms with van der Waals surface area (Å²) in [5.74, 6) is 0.741. The van der Waals surface area contributed by atoms with Gasteiger partial charge in [-0.3, -0.25) is 14.4 Å². The van der Waals surface area contributed by atoms with E-state index in [0.717, 1.165) is 49.7 Å². The normalized spacial score (nSPS) is 20.4. The number of aromatic nitrogens is 1. The fourth-order valence-corrected chi connectivity index (χ4v) is 4.53. The van der Waals surface area contributed by atoms with Crippen LogP contribution in [0.4, 0.5) is 0 Å². The van der Waals surface area contributed by atoms with Gasteiger partial charge in [0.2, 0.25) is 11.8 Å². The molecule has 1 atom stereocenters. The molecule has 4 rings (SSSR count). The number of fused-ring (bicyclic) bond motifs is 1. The molecule has 2 aromatic rings. The van der Waals surface area contributed by atoms with Crippen molar-refractivity contribution < 1.29 is 9.59 Å². The Balaban J connectivity index is 1.41. The molecule has 2 aliphatic heterocycles. The number of carbonyl (C=O) groups is 2. The maximum absolute atomic E-state index is 13.0. The molecule has 0 unspecified atom stereocenters. The van der Waals surface area contributed by atoms with Crippen molar-refractivity contribution in [2.24, 2.45) is 5.92 Å². The Hall–Kier alpha value is -2.63. The molecule has 2 aliphatic rings. The number of hydrogen-bond donors (Lipinski definition) is 1. The summed E-state index contributed by atoms with van der Waals surface area (Å²) in [6, 6.07) is 9.17. The van der Waals surface area contributed by atoms with Crippen molar-refractivity contribution in [3.05, 3.63) is 46.2 Å². The van der Waals surface area contributed by atoms with E-state index in [9.17, 15) is 14.4 Å². The van der Waals surface area contributed by atoms with Crippen molar-refractivity contribution in [3.8, 4) is 0 Å². The molecule has 1 aromatic heterocycles. The first kappa shape index (κ1) is 19.7. The van der Waals surface area contributed by atoms with Crippen molar-refractivity contribution in [1.82, 2.24) is 14.8 Å². The van der Waals surface area contributed by atoms with Gasteiger partial charge in [-0.25, -0.2) is 0 Å². The van der Waals surface area contributed by atoms with Gasteiger partial charge < -0.3 is 14.8 Å². The zero-order valence-electron chi connectivity index (χ0n) is 17.0. The Morgan fingerprint density at radius 2 is 1.86 bits per heavy atom. The van der Waals surface area contributed by atoms with E-state index < -0.39 is 0 Å². The molecule has 1 N–H and O–H groups in total. The van der Waals surface area contributed by atoms with Gasteiger partial charge in [-0.2, -0.15) is 0 Å². The van der Waals surface area contributed by atoms with Crippen molar-refractivity contribution >= 4 is 22.7 Å². The smallest absolute Gasteiger partial charge is 0.251 e. The number of piperidine rings is 1. The third-order valence-electron chi connectivity index (χ3n) is 6.39. The molecule has 0 aliphatic carbocycles. The van der Waals surface area contributed by atoms with E-state index in [4.69, 9.17) is 0 Å². The minimum atomic E-state index is -0.328. The number of H-pyrrole nitrogens is 1. The van der Waals surface area contributed by atoms with Crippen LogP contribution in [0, 0.1) is 5.92 Å². The zero-order chi connectivity index (χ0) is 20.4. The van der Waals surface area contributed by atoms with Crippen LogP contribution in [0.2, 0.25) is 0 Å². The summed E-state index contributed by atoms with van der Waals surface area (Å²) in [5, 5.41) is 0.961. The molecule has 2 saturated heterocycles. The Labute approximate surface area is 170 Å². The van der Waals surface area contributed by atoms with Gasteiger partial charge in [-0.1, -0.05) is 25.1 Å². The number of benzene rings is 1. The van der Waals surface area contributed by atoms with Gasteiger partial charge in [0.25, 0.3) is 5.56 Å². The van der Waals surface area contributed by atoms with E-state index in [-0.39, 0.29) is 29.8 Å². The average Bonchev–Trinajstić information content (AvgIpc) is 3.22. The van der Waals surface area contributed by atoms with Crippen LogP contribution in [0.25, 0.3) is 10.9 Å². The summed E-state index contributed by atoms with van der Waals surface area (Å²) in [4.78, 5) is 44.8. The Morgan fingerprint density at radius 3 is 2.66 bits per heavy atom. The van der Waals surface area contributed by atoms with Gasteiger partial charge in [-0.05, 0) is 55.5 Å². The second-order valence-corrected chi connectivity index (χ2v) is 8.46. The fourth-order valence-electron chi connectivity index (χ4n) is 4.53. The third kappa shape index (κ3) is 4.21. The molecule has 0 spiro atoms. The van der Waals surface area contributed by atoms with E-state index in [1.54, 1.807) is 4.90 Å². The molecule has 154 valence electrons. The number of amides is 2. The summed E-state index contributed by atoms with van der Waals surface area (Å²) >= 11 is 0. The highest BCUT2D eigenvalue weighted by Crippen LogP contribution is 2.24. The lowest BCUT2D eigenvalue weighted by Gasteiger charge is -2.34. The number of nitrogens with one attached hydrogen (secondary N) is 1. The summed E-state index contributed by atoms with van der Waals surface area (Å²) < 4.78 is 0. The van der Waals surface area contributed by atoms with Crippen LogP contribution in [0.15, 0.2) is 35.1 Å². The second-order valence-electron chi connectivity index (χ2n) is 8.46. The van der Waals surface area contributed by atoms with Gasteiger partial charge in [-0.15, -0.1) is 0 Å². The molecule has 0 saturated carbocycles. The molecule has 6 nitrogen and oxygen atoms in total. The number of rotatable bonds is 4. The lowest BCUT2D eigenvalue weighted by Crippen LogP contribution is -2.49. The number of nitrogens with zero attached hydrogens (tertiary/aromatic N) is 2. The minimum absolute atomic E-state index is 0.0289. The molecular weight excluding hydrogens is 366 g/mol. The molecule has 0 bridgehead atoms. The van der Waals surface area contributed by atoms with E-state index in [0.29, 0.717) is 24.4 Å². The maximum Gasteiger partial charge on any atom is 0.251 e. The van der Waals surface area contributed by atoms with Crippen LogP contribution < -0.4 is 5.56 Å². The Morgan fingerprint density at radius 1 is 1.10 bits per heavy atom. The number of hydrogen-bond acceptors (Lipinski definition) is 3. The maximum atomic E-state index is 13.0. The Bertz CT molecular complexity index is 959. The molecule has 29 heavy (non-hydrogen) atoms. The van der Waals surface area contributed by atoms with E-state index in [2.05, 4.69) is 11.9 Å². The summed E-state index contributed by atoms with van der Waals surface area (Å²) in [6.45, 7) is 4.45. The highest BCUT2D eigenvalue weighted by Gasteiger charge is 2.36. The van der Waals surface area contributed by atoms with Gasteiger partial charge in [0.05, 0.1) is 0 Å². The lowest BCUT2D eigenvalue weighted by atomic mass is 9.98. The first-order valence-electron chi connectivity index (χ1n) is 10.7. The first-order chi connectivity index (χ1) is 14.0. The van der Waals surface area contributed by atoms with Gasteiger partial charge in [0.1, 0.15) is 6.04 Å². The molecule has 1 aromatic carbocycles. The van der Waals surface area contributed by atoms with Crippen molar-refractivity contribution in [1.29, 1.82) is 0 Å². The average molecular weight is 396 g/mol. The summed E-state index contributed by atoms with van der Waals surface area (Å²) in [5.41, 5.74) is 1.27. The summed E-state index contributed by atoms with van der Waals surface area (Å²) in [6.07, 6.45) is 4.32. The van der Waals surface area contributed by atoms with Crippen LogP contribution in [0.3, 0.4) is 0 Å². The van der Waals surface area contributed by atoms with Crippen LogP contribution in [-0.2, 0) is 16.0 Å². The number of para-hydroxylation sites is 1. The third-order valence-corrected chi connectivity index (χ3v) is 6.39. The predicted molar refractivity (Wildman–Crippen MR) is 113 cm³/mol. The second kappa shape index (κ2) is 8.39. The number of aryl methyl sites for hydroxylation is 1. The van der Waals surface area contributed by atoms with Gasteiger partial charge in [0.15, 0.2) is 0 Å². The van der Waals surface area contributed by atoms with Crippen molar-refractivity contribution in [2.75, 3.05) is 19.6 Å². The summed E-state index contributed by atoms with van der Waals surface area (Å²) in [7, 11) is 0. The highest BCUT2D eigenvalue weighted by molar-refractivity contribution is 5.88. The number of carbonyl (C=O) groups excluding carboxylic acids is 2. The van der Waals surface area contributed by atoms with Crippen LogP contribution in [0.1, 0.15) is 44.6 Å². The SMILES string of the molecule is CC1CCN(C(=O)[C@@H]2CCCN2C(=O)CCc2cc3ccccc3[nH]c2=O)CC1. The quantitative estimate of drug-likeness (QED) is 0.865. The standard InChI is InChI=1S/C23H29N3O3/c1-16-10-13-25(14-11-16)23(29)20-7-4-12-26(20)21(27)9-8-18-15-17-5-2-3-6-19(17)24-22(18)28/h2-3,5-6,15-16,20H,4,7-14H2,1H3,(H,24,28)/t20-/m0/s1. The van der Waals surface area contributed by atoms with Crippen molar-refractivity contribution in [3.63, 3.8) is 0 Å². The van der Waals surface area contributed by atoms with Gasteiger partial charge >= 0.3 is 0 Å². The predicted octanol–water partition coefficient (Wildman–Crippen LogP) is 2.71. The lowest BCUT2D eigenvalue weighted by molar-refractivity contribution is -0.144. The number of aromatic amines is 1. The van der Waals surface area contributed by atoms with E-state index in [1.165, 1.54) is 0 Å². The number of likely N-dealkylation sites (tertiary alicyclic amines) is 2. The molecule has 2 fully saturated rings. The van der Waals surface area contributed by atoms with Crippen molar-refractivity contribution in [2.45, 2.75) is 51.5 Å². The monoisotopic (exact) mass is 395 g/mol. The number of pyridine rings is 1. The fraction of sp³-hybridized carbons (Fsp3) is 0.522. The topological polar surface area (TPSA) is 73.5 Å². The van der Waals surface area contributed by atoms with E-state index in [1.807, 2.05) is 35.2 Å². The molecule has 6 heteroatoms. The zero-order valence-corrected chi connectivity index (χ0v) is 17.0. The molecule has 3 heterocycles.